The Kier molecular flexibility index (Phi) is 1310. The van der Waals surface area contributed by atoms with Gasteiger partial charge in [-0.2, -0.15) is 0 Å². The monoisotopic (exact) mass is 235 g/mol. The molecule has 0 aromatic carbocycles. The van der Waals surface area contributed by atoms with Gasteiger partial charge in [-0.1, -0.05) is 0 Å². The summed E-state index contributed by atoms with van der Waals surface area (Å²) in [5.41, 5.74) is 0. The largest absolute Gasteiger partial charge is 3.00 e. The average molecular weight is 236 g/mol. The van der Waals surface area contributed by atoms with Crippen molar-refractivity contribution in [1.29, 1.82) is 0 Å². The summed E-state index contributed by atoms with van der Waals surface area (Å²) in [5.74, 6) is 0. The van der Waals surface area contributed by atoms with Gasteiger partial charge in [-0.25, -0.2) is 0 Å². The van der Waals surface area contributed by atoms with E-state index in [1.54, 1.807) is 0 Å². The van der Waals surface area contributed by atoms with E-state index in [9.17, 15) is 0 Å². The number of hydrogen-bond donors (Lipinski definition) is 0. The maximum atomic E-state index is 0. The van der Waals surface area contributed by atoms with E-state index in [0.29, 0.717) is 0 Å². The summed E-state index contributed by atoms with van der Waals surface area (Å²) in [5, 5.41) is 0. The van der Waals surface area contributed by atoms with Gasteiger partial charge in [0, 0.05) is 0 Å². The van der Waals surface area contributed by atoms with Gasteiger partial charge in [-0.05, 0) is 0 Å². The van der Waals surface area contributed by atoms with E-state index < -0.39 is 0 Å². The maximum absolute atomic E-state index is 0. The van der Waals surface area contributed by atoms with Gasteiger partial charge >= 0.3 is 60.1 Å². The van der Waals surface area contributed by atoms with Crippen molar-refractivity contribution in [3.8, 4) is 0 Å². The molecule has 0 aliphatic rings. The summed E-state index contributed by atoms with van der Waals surface area (Å²) in [4.78, 5) is 0. The molecule has 0 aliphatic heterocycles. The second-order valence-corrected chi connectivity index (χ2v) is 0. The number of rotatable bonds is 0. The van der Waals surface area contributed by atoms with E-state index in [0.717, 1.165) is 0 Å². The first-order valence-electron chi connectivity index (χ1n) is 0. The van der Waals surface area contributed by atoms with Crippen molar-refractivity contribution in [2.45, 2.75) is 0 Å². The second kappa shape index (κ2) is 70.5. The van der Waals surface area contributed by atoms with Crippen molar-refractivity contribution in [2.24, 2.45) is 0 Å². The van der Waals surface area contributed by atoms with Crippen LogP contribution in [0.1, 0.15) is 0 Å². The zero-order chi connectivity index (χ0) is 0. The molecule has 0 bridgehead atoms. The third-order valence-corrected chi connectivity index (χ3v) is 0. The Morgan fingerprint density at radius 3 is 0.667 bits per heavy atom. The molecule has 6 heavy (non-hydrogen) atoms. The van der Waals surface area contributed by atoms with Crippen molar-refractivity contribution in [3.05, 3.63) is 0 Å². The van der Waals surface area contributed by atoms with Gasteiger partial charge < -0.3 is 16.4 Å². The van der Waals surface area contributed by atoms with Crippen molar-refractivity contribution in [2.75, 3.05) is 0 Å². The molecule has 0 amide bonds. The smallest absolute Gasteiger partial charge is 2.00 e. The molecule has 0 unspecified atom stereocenters. The third-order valence-electron chi connectivity index (χ3n) is 0. The summed E-state index contributed by atoms with van der Waals surface area (Å²) in [6, 6.07) is 0. The first kappa shape index (κ1) is 111. The van der Waals surface area contributed by atoms with Gasteiger partial charge in [0.25, 0.3) is 0 Å². The van der Waals surface area contributed by atoms with Crippen molar-refractivity contribution in [1.82, 2.24) is 0 Å². The van der Waals surface area contributed by atoms with Crippen molar-refractivity contribution < 1.29 is 52.1 Å². The van der Waals surface area contributed by atoms with Gasteiger partial charge in [-0.3, -0.25) is 0 Å². The summed E-state index contributed by atoms with van der Waals surface area (Å²) in [6.45, 7) is 0. The van der Waals surface area contributed by atoms with Crippen LogP contribution in [-0.2, 0) is 33.2 Å². The van der Waals surface area contributed by atoms with Gasteiger partial charge in [0.05, 0.1) is 0 Å². The molecule has 0 aromatic heterocycles. The van der Waals surface area contributed by atoms with Crippen LogP contribution < -0.4 is 18.9 Å². The van der Waals surface area contributed by atoms with Crippen LogP contribution in [0.2, 0.25) is 0 Å². The molecular formula is CoLiO3Sb. The molecule has 0 fully saturated rings. The second-order valence-electron chi connectivity index (χ2n) is 0. The molecule has 0 saturated carbocycles. The molecule has 0 saturated heterocycles. The van der Waals surface area contributed by atoms with Gasteiger partial charge in [-0.15, -0.1) is 0 Å². The van der Waals surface area contributed by atoms with Crippen molar-refractivity contribution >= 4 is 24.4 Å². The van der Waals surface area contributed by atoms with E-state index in [1.165, 1.54) is 0 Å². The Labute approximate surface area is 76.0 Å². The number of hydrogen-bond acceptors (Lipinski definition) is 0. The van der Waals surface area contributed by atoms with E-state index in [-0.39, 0.29) is 76.5 Å². The summed E-state index contributed by atoms with van der Waals surface area (Å²) >= 11 is 0. The van der Waals surface area contributed by atoms with Crippen LogP contribution in [0.4, 0.5) is 0 Å². The third kappa shape index (κ3) is 41.2. The first-order chi connectivity index (χ1) is 0. The molecule has 0 aromatic rings. The molecule has 0 aliphatic carbocycles. The molecule has 0 heterocycles. The minimum Gasteiger partial charge on any atom is -2.00 e. The van der Waals surface area contributed by atoms with Crippen LogP contribution in [0.5, 0.6) is 0 Å². The molecule has 3 nitrogen and oxygen atoms in total. The molecule has 6 heteroatoms. The van der Waals surface area contributed by atoms with Crippen LogP contribution in [0.3, 0.4) is 0 Å². The predicted molar refractivity (Wildman–Crippen MR) is 7.81 cm³/mol. The molecule has 0 rings (SSSR count). The Morgan fingerprint density at radius 2 is 0.667 bits per heavy atom. The quantitative estimate of drug-likeness (QED) is 0.387. The van der Waals surface area contributed by atoms with E-state index in [4.69, 9.17) is 0 Å². The fourth-order valence-electron chi connectivity index (χ4n) is 0. The van der Waals surface area contributed by atoms with E-state index in [1.807, 2.05) is 0 Å². The summed E-state index contributed by atoms with van der Waals surface area (Å²) in [6.07, 6.45) is 0. The molecule has 33 valence electrons. The molecule has 3 radical (unpaired) electrons. The van der Waals surface area contributed by atoms with Crippen LogP contribution >= 0.6 is 0 Å². The van der Waals surface area contributed by atoms with Gasteiger partial charge in [0.15, 0.2) is 0 Å². The molecule has 0 spiro atoms. The Morgan fingerprint density at radius 1 is 0.667 bits per heavy atom. The maximum Gasteiger partial charge on any atom is 3.00 e. The Balaban J connectivity index is 0. The van der Waals surface area contributed by atoms with E-state index in [2.05, 4.69) is 0 Å². The SMILES string of the molecule is [Co+2].[Li+].[O-2].[O-2].[O-2].[Sb+3]. The molecule has 0 atom stereocenters. The topological polar surface area (TPSA) is 85.5 Å². The van der Waals surface area contributed by atoms with Crippen LogP contribution in [0.25, 0.3) is 0 Å². The molecule has 0 N–H and O–H groups in total. The fraction of sp³-hybridized carbons (Fsp3) is 0. The average Bonchev–Trinajstić information content (AvgIpc) is 0. The van der Waals surface area contributed by atoms with Crippen molar-refractivity contribution in [3.63, 3.8) is 0 Å². The Bertz CT molecular complexity index is 10.8. The predicted octanol–water partition coefficient (Wildman–Crippen LogP) is -3.74. The summed E-state index contributed by atoms with van der Waals surface area (Å²) < 4.78 is 0. The zero-order valence-corrected chi connectivity index (χ0v) is 6.60. The standard InChI is InChI=1S/Co.Li.3O.Sb/q+2;+1;3*-2;+3. The summed E-state index contributed by atoms with van der Waals surface area (Å²) in [7, 11) is 0. The minimum atomic E-state index is 0. The van der Waals surface area contributed by atoms with Gasteiger partial charge in [0.1, 0.15) is 0 Å². The van der Waals surface area contributed by atoms with Crippen LogP contribution in [0.15, 0.2) is 0 Å². The van der Waals surface area contributed by atoms with Crippen LogP contribution in [-0.4, -0.2) is 24.4 Å². The van der Waals surface area contributed by atoms with Gasteiger partial charge in [0.2, 0.25) is 0 Å². The molecular weight excluding hydrogens is 236 g/mol. The normalized spacial score (nSPS) is 0. The minimum absolute atomic E-state index is 0. The van der Waals surface area contributed by atoms with Crippen LogP contribution in [0, 0.1) is 0 Å². The first-order valence-corrected chi connectivity index (χ1v) is 0. The fourth-order valence-corrected chi connectivity index (χ4v) is 0. The zero-order valence-electron chi connectivity index (χ0n) is 3.01. The Hall–Kier alpha value is 1.80. The van der Waals surface area contributed by atoms with E-state index >= 15 is 0 Å².